The van der Waals surface area contributed by atoms with Crippen LogP contribution in [0.25, 0.3) is 0 Å². The standard InChI is InChI=1S/C10H20O3S/c1-3-4-5-6-7-8-9-10-13-14(2,11)12/h7-8H,3-6,9-10H2,1-2H3/b8-7-. The maximum atomic E-state index is 10.6. The molecule has 3 nitrogen and oxygen atoms in total. The molecule has 0 aromatic rings. The molecule has 14 heavy (non-hydrogen) atoms. The highest BCUT2D eigenvalue weighted by Gasteiger charge is 1.98. The molecule has 0 unspecified atom stereocenters. The molecule has 0 heterocycles. The van der Waals surface area contributed by atoms with Gasteiger partial charge in [0.05, 0.1) is 12.9 Å². The lowest BCUT2D eigenvalue weighted by atomic mass is 10.2. The van der Waals surface area contributed by atoms with E-state index in [1.807, 2.05) is 6.08 Å². The zero-order chi connectivity index (χ0) is 10.9. The number of rotatable bonds is 8. The fourth-order valence-electron chi connectivity index (χ4n) is 1.02. The van der Waals surface area contributed by atoms with Gasteiger partial charge in [0.25, 0.3) is 10.1 Å². The summed E-state index contributed by atoms with van der Waals surface area (Å²) >= 11 is 0. The molecule has 0 aliphatic rings. The summed E-state index contributed by atoms with van der Waals surface area (Å²) in [6, 6.07) is 0. The van der Waals surface area contributed by atoms with E-state index in [1.54, 1.807) is 0 Å². The van der Waals surface area contributed by atoms with Crippen LogP contribution < -0.4 is 0 Å². The lowest BCUT2D eigenvalue weighted by Gasteiger charge is -1.96. The van der Waals surface area contributed by atoms with Gasteiger partial charge in [-0.3, -0.25) is 4.18 Å². The second-order valence-electron chi connectivity index (χ2n) is 3.28. The molecular weight excluding hydrogens is 200 g/mol. The van der Waals surface area contributed by atoms with Crippen molar-refractivity contribution in [3.05, 3.63) is 12.2 Å². The van der Waals surface area contributed by atoms with E-state index < -0.39 is 10.1 Å². The Kier molecular flexibility index (Phi) is 7.80. The molecule has 0 radical (unpaired) electrons. The fourth-order valence-corrected chi connectivity index (χ4v) is 1.41. The third-order valence-electron chi connectivity index (χ3n) is 1.72. The SMILES string of the molecule is CCCCC/C=C\CCOS(C)(=O)=O. The summed E-state index contributed by atoms with van der Waals surface area (Å²) in [5.74, 6) is 0. The first-order valence-corrected chi connectivity index (χ1v) is 6.87. The van der Waals surface area contributed by atoms with Crippen molar-refractivity contribution < 1.29 is 12.6 Å². The van der Waals surface area contributed by atoms with Crippen molar-refractivity contribution >= 4 is 10.1 Å². The Bertz CT molecular complexity index is 242. The molecule has 0 amide bonds. The maximum absolute atomic E-state index is 10.6. The lowest BCUT2D eigenvalue weighted by molar-refractivity contribution is 0.328. The van der Waals surface area contributed by atoms with Gasteiger partial charge in [-0.05, 0) is 19.3 Å². The fraction of sp³-hybridized carbons (Fsp3) is 0.800. The van der Waals surface area contributed by atoms with Crippen LogP contribution in [0.5, 0.6) is 0 Å². The molecule has 0 atom stereocenters. The number of allylic oxidation sites excluding steroid dienone is 1. The second kappa shape index (κ2) is 8.00. The first kappa shape index (κ1) is 13.7. The Morgan fingerprint density at radius 3 is 2.36 bits per heavy atom. The number of hydrogen-bond acceptors (Lipinski definition) is 3. The van der Waals surface area contributed by atoms with Gasteiger partial charge in [-0.15, -0.1) is 0 Å². The normalized spacial score (nSPS) is 12.4. The summed E-state index contributed by atoms with van der Waals surface area (Å²) in [6.45, 7) is 2.42. The smallest absolute Gasteiger partial charge is 0.264 e. The van der Waals surface area contributed by atoms with Crippen LogP contribution in [0, 0.1) is 0 Å². The van der Waals surface area contributed by atoms with Gasteiger partial charge in [0.15, 0.2) is 0 Å². The van der Waals surface area contributed by atoms with Gasteiger partial charge in [0.1, 0.15) is 0 Å². The Hall–Kier alpha value is -0.350. The van der Waals surface area contributed by atoms with Crippen molar-refractivity contribution in [2.75, 3.05) is 12.9 Å². The van der Waals surface area contributed by atoms with E-state index in [9.17, 15) is 8.42 Å². The highest BCUT2D eigenvalue weighted by Crippen LogP contribution is 2.00. The Labute approximate surface area is 87.3 Å². The van der Waals surface area contributed by atoms with Crippen LogP contribution in [0.1, 0.15) is 39.0 Å². The summed E-state index contributed by atoms with van der Waals surface area (Å²) in [6.07, 6.45) is 10.6. The van der Waals surface area contributed by atoms with Gasteiger partial charge < -0.3 is 0 Å². The zero-order valence-corrected chi connectivity index (χ0v) is 9.85. The van der Waals surface area contributed by atoms with Crippen LogP contribution in [-0.2, 0) is 14.3 Å². The van der Waals surface area contributed by atoms with Crippen LogP contribution in [0.3, 0.4) is 0 Å². The molecule has 0 rings (SSSR count). The van der Waals surface area contributed by atoms with Gasteiger partial charge in [-0.2, -0.15) is 8.42 Å². The molecule has 0 aliphatic heterocycles. The van der Waals surface area contributed by atoms with Gasteiger partial charge in [0.2, 0.25) is 0 Å². The lowest BCUT2D eigenvalue weighted by Crippen LogP contribution is -2.02. The van der Waals surface area contributed by atoms with Crippen LogP contribution in [-0.4, -0.2) is 21.3 Å². The highest BCUT2D eigenvalue weighted by molar-refractivity contribution is 7.85. The van der Waals surface area contributed by atoms with E-state index in [-0.39, 0.29) is 6.61 Å². The summed E-state index contributed by atoms with van der Waals surface area (Å²) in [4.78, 5) is 0. The molecule has 0 aromatic heterocycles. The van der Waals surface area contributed by atoms with Gasteiger partial charge in [-0.25, -0.2) is 0 Å². The first-order chi connectivity index (χ1) is 6.56. The van der Waals surface area contributed by atoms with Crippen molar-refractivity contribution in [3.8, 4) is 0 Å². The van der Waals surface area contributed by atoms with Crippen molar-refractivity contribution in [2.45, 2.75) is 39.0 Å². The minimum Gasteiger partial charge on any atom is -0.270 e. The van der Waals surface area contributed by atoms with Crippen molar-refractivity contribution in [3.63, 3.8) is 0 Å². The zero-order valence-electron chi connectivity index (χ0n) is 9.03. The third kappa shape index (κ3) is 11.6. The van der Waals surface area contributed by atoms with Gasteiger partial charge in [-0.1, -0.05) is 31.9 Å². The maximum Gasteiger partial charge on any atom is 0.264 e. The Morgan fingerprint density at radius 1 is 1.14 bits per heavy atom. The van der Waals surface area contributed by atoms with Crippen molar-refractivity contribution in [2.24, 2.45) is 0 Å². The molecule has 0 aliphatic carbocycles. The minimum absolute atomic E-state index is 0.253. The molecule has 84 valence electrons. The van der Waals surface area contributed by atoms with E-state index in [4.69, 9.17) is 0 Å². The van der Waals surface area contributed by atoms with E-state index in [2.05, 4.69) is 17.2 Å². The third-order valence-corrected chi connectivity index (χ3v) is 2.32. The quantitative estimate of drug-likeness (QED) is 0.358. The molecule has 0 bridgehead atoms. The minimum atomic E-state index is -3.26. The van der Waals surface area contributed by atoms with E-state index in [1.165, 1.54) is 19.3 Å². The molecule has 4 heteroatoms. The number of hydrogen-bond donors (Lipinski definition) is 0. The van der Waals surface area contributed by atoms with Crippen molar-refractivity contribution in [1.29, 1.82) is 0 Å². The molecule has 0 fully saturated rings. The summed E-state index contributed by atoms with van der Waals surface area (Å²) in [5.41, 5.74) is 0. The average molecular weight is 220 g/mol. The summed E-state index contributed by atoms with van der Waals surface area (Å²) in [7, 11) is -3.26. The Morgan fingerprint density at radius 2 is 1.79 bits per heavy atom. The molecule has 0 aromatic carbocycles. The predicted molar refractivity (Wildman–Crippen MR) is 58.7 cm³/mol. The Balaban J connectivity index is 3.28. The molecular formula is C10H20O3S. The van der Waals surface area contributed by atoms with Crippen LogP contribution in [0.4, 0.5) is 0 Å². The summed E-state index contributed by atoms with van der Waals surface area (Å²) < 4.78 is 25.7. The highest BCUT2D eigenvalue weighted by atomic mass is 32.2. The number of unbranched alkanes of at least 4 members (excludes halogenated alkanes) is 3. The van der Waals surface area contributed by atoms with E-state index >= 15 is 0 Å². The second-order valence-corrected chi connectivity index (χ2v) is 4.93. The summed E-state index contributed by atoms with van der Waals surface area (Å²) in [5, 5.41) is 0. The van der Waals surface area contributed by atoms with E-state index in [0.29, 0.717) is 6.42 Å². The first-order valence-electron chi connectivity index (χ1n) is 5.05. The van der Waals surface area contributed by atoms with Crippen molar-refractivity contribution in [1.82, 2.24) is 0 Å². The molecule has 0 saturated carbocycles. The monoisotopic (exact) mass is 220 g/mol. The van der Waals surface area contributed by atoms with Crippen LogP contribution in [0.15, 0.2) is 12.2 Å². The van der Waals surface area contributed by atoms with Gasteiger partial charge in [0, 0.05) is 0 Å². The molecule has 0 spiro atoms. The molecule has 0 N–H and O–H groups in total. The predicted octanol–water partition coefficient (Wildman–Crippen LogP) is 2.49. The van der Waals surface area contributed by atoms with E-state index in [0.717, 1.165) is 12.7 Å². The van der Waals surface area contributed by atoms with Crippen LogP contribution in [0.2, 0.25) is 0 Å². The topological polar surface area (TPSA) is 43.4 Å². The average Bonchev–Trinajstić information content (AvgIpc) is 2.08. The molecule has 0 saturated heterocycles. The van der Waals surface area contributed by atoms with Crippen LogP contribution >= 0.6 is 0 Å². The van der Waals surface area contributed by atoms with Gasteiger partial charge >= 0.3 is 0 Å². The largest absolute Gasteiger partial charge is 0.270 e.